The summed E-state index contributed by atoms with van der Waals surface area (Å²) in [4.78, 5) is 10.5. The highest BCUT2D eigenvalue weighted by molar-refractivity contribution is 6.01. The lowest BCUT2D eigenvalue weighted by molar-refractivity contribution is 0.168. The Morgan fingerprint density at radius 2 is 1.62 bits per heavy atom. The largest absolute Gasteiger partial charge is 0.460 e. The van der Waals surface area contributed by atoms with E-state index < -0.39 is 0 Å². The molecule has 0 saturated heterocycles. The molecule has 1 aromatic heterocycles. The average molecular weight is 839 g/mol. The smallest absolute Gasteiger partial charge is 0.131 e. The summed E-state index contributed by atoms with van der Waals surface area (Å²) in [6.45, 7) is 6.57. The van der Waals surface area contributed by atoms with E-state index in [-0.39, 0.29) is 24.2 Å². The second kappa shape index (κ2) is 16.9. The molecule has 0 fully saturated rings. The Morgan fingerprint density at radius 1 is 0.844 bits per heavy atom. The summed E-state index contributed by atoms with van der Waals surface area (Å²) in [7, 11) is 2.27. The van der Waals surface area contributed by atoms with Gasteiger partial charge in [-0.15, -0.1) is 0 Å². The van der Waals surface area contributed by atoms with Gasteiger partial charge >= 0.3 is 0 Å². The molecule has 5 atom stereocenters. The fraction of sp³-hybridized carbons (Fsp3) is 0.271. The molecule has 5 heteroatoms. The van der Waals surface area contributed by atoms with Crippen LogP contribution in [0.3, 0.4) is 0 Å². The summed E-state index contributed by atoms with van der Waals surface area (Å²) >= 11 is 0. The van der Waals surface area contributed by atoms with E-state index in [1.165, 1.54) is 85.6 Å². The number of hydrogen-bond donors (Lipinski definition) is 1. The molecule has 5 unspecified atom stereocenters. The second-order valence-electron chi connectivity index (χ2n) is 18.4. The van der Waals surface area contributed by atoms with E-state index in [2.05, 4.69) is 201 Å². The van der Waals surface area contributed by atoms with Gasteiger partial charge in [0.05, 0.1) is 0 Å². The molecule has 6 aliphatic rings. The van der Waals surface area contributed by atoms with E-state index in [1.807, 2.05) is 0 Å². The Kier molecular flexibility index (Phi) is 10.7. The van der Waals surface area contributed by atoms with Crippen LogP contribution >= 0.6 is 0 Å². The van der Waals surface area contributed by atoms with Gasteiger partial charge in [-0.05, 0) is 147 Å². The zero-order chi connectivity index (χ0) is 43.3. The number of benzene rings is 4. The van der Waals surface area contributed by atoms with Gasteiger partial charge in [-0.1, -0.05) is 128 Å². The Labute approximate surface area is 379 Å². The quantitative estimate of drug-likeness (QED) is 0.125. The van der Waals surface area contributed by atoms with E-state index in [0.717, 1.165) is 55.0 Å². The molecule has 0 bridgehead atoms. The maximum Gasteiger partial charge on any atom is 0.131 e. The highest BCUT2D eigenvalue weighted by Gasteiger charge is 2.45. The Bertz CT molecular complexity index is 2860. The van der Waals surface area contributed by atoms with Crippen molar-refractivity contribution in [1.29, 1.82) is 0 Å². The van der Waals surface area contributed by atoms with Gasteiger partial charge in [0.25, 0.3) is 0 Å². The van der Waals surface area contributed by atoms with Crippen LogP contribution in [0.1, 0.15) is 111 Å². The lowest BCUT2D eigenvalue weighted by atomic mass is 9.76. The zero-order valence-corrected chi connectivity index (χ0v) is 37.6. The molecule has 4 aromatic carbocycles. The number of hydrogen-bond acceptors (Lipinski definition) is 5. The summed E-state index contributed by atoms with van der Waals surface area (Å²) in [6, 6.07) is 38.0. The Balaban J connectivity index is 1.04. The lowest BCUT2D eigenvalue weighted by Crippen LogP contribution is -2.50. The van der Waals surface area contributed by atoms with Gasteiger partial charge in [-0.2, -0.15) is 0 Å². The van der Waals surface area contributed by atoms with E-state index >= 15 is 0 Å². The van der Waals surface area contributed by atoms with Crippen molar-refractivity contribution in [3.05, 3.63) is 208 Å². The fourth-order valence-corrected chi connectivity index (χ4v) is 11.4. The van der Waals surface area contributed by atoms with Crippen molar-refractivity contribution in [3.63, 3.8) is 0 Å². The number of amidine groups is 1. The topological polar surface area (TPSA) is 44.0 Å². The van der Waals surface area contributed by atoms with Crippen LogP contribution < -0.4 is 10.2 Å². The molecule has 64 heavy (non-hydrogen) atoms. The minimum Gasteiger partial charge on any atom is -0.460 e. The zero-order valence-electron chi connectivity index (χ0n) is 37.6. The predicted octanol–water partition coefficient (Wildman–Crippen LogP) is 14.4. The van der Waals surface area contributed by atoms with Crippen molar-refractivity contribution in [1.82, 2.24) is 10.2 Å². The number of para-hydroxylation sites is 1. The number of nitrogens with one attached hydrogen (secondary N) is 1. The van der Waals surface area contributed by atoms with E-state index in [0.29, 0.717) is 5.92 Å². The molecule has 320 valence electrons. The Morgan fingerprint density at radius 3 is 2.41 bits per heavy atom. The van der Waals surface area contributed by atoms with Crippen molar-refractivity contribution >= 4 is 23.2 Å². The van der Waals surface area contributed by atoms with Crippen molar-refractivity contribution in [2.45, 2.75) is 89.9 Å². The third-order valence-electron chi connectivity index (χ3n) is 14.5. The van der Waals surface area contributed by atoms with Crippen molar-refractivity contribution in [2.75, 3.05) is 11.9 Å². The average Bonchev–Trinajstić information content (AvgIpc) is 3.90. The van der Waals surface area contributed by atoms with Crippen LogP contribution in [0.5, 0.6) is 0 Å². The third kappa shape index (κ3) is 7.02. The summed E-state index contributed by atoms with van der Waals surface area (Å²) < 4.78 is 6.97. The van der Waals surface area contributed by atoms with Gasteiger partial charge < -0.3 is 14.6 Å². The molecule has 5 nitrogen and oxygen atoms in total. The van der Waals surface area contributed by atoms with Gasteiger partial charge in [-0.3, -0.25) is 4.90 Å². The summed E-state index contributed by atoms with van der Waals surface area (Å²) in [5.41, 5.74) is 18.3. The number of rotatable bonds is 8. The van der Waals surface area contributed by atoms with Crippen LogP contribution in [0.15, 0.2) is 184 Å². The fourth-order valence-electron chi connectivity index (χ4n) is 11.4. The van der Waals surface area contributed by atoms with Crippen molar-refractivity contribution in [2.24, 2.45) is 10.9 Å². The van der Waals surface area contributed by atoms with E-state index in [1.54, 1.807) is 0 Å². The maximum absolute atomic E-state index is 6.97. The molecular weight excluding hydrogens is 781 g/mol. The first-order chi connectivity index (χ1) is 31.5. The SMILES string of the molecule is C/C=C\C(=C/C)C1=NC(C2=CCCCC2)N(C)C(c2cc(-c3cccc(-c4ccccc4)c3)ccc2C2C=Cc3oc4c(c3C2)C2=C(CC4C)N(c3ccccc3)C3=CC=CCC32)N1. The molecule has 0 radical (unpaired) electrons. The standard InChI is InChI=1S/C59H58N4O/c1-5-19-39(6-2)57-60-58(41-22-12-8-13-23-41)62(4)59(61-57)49-36-44(43-25-18-24-42(35-43)40-20-10-7-11-21-40)30-32-47(49)45-31-33-53-50(37-45)55-54-48-28-16-17-29-51(48)63(46-26-14-9-15-27-46)52(54)34-38(3)56(55)64-53/h5-7,9-11,14-22,24-27,29-33,35-36,38,45,48,58-59H,8,12-13,23,28,34,37H2,1-4H3,(H,60,61)/b19-5-,39-6+. The van der Waals surface area contributed by atoms with Gasteiger partial charge in [0.1, 0.15) is 29.7 Å². The molecule has 0 amide bonds. The number of aliphatic imine (C=N–C) groups is 1. The van der Waals surface area contributed by atoms with Crippen LogP contribution in [0.25, 0.3) is 33.9 Å². The van der Waals surface area contributed by atoms with Crippen LogP contribution in [0.2, 0.25) is 0 Å². The molecule has 0 saturated carbocycles. The molecule has 11 rings (SSSR count). The summed E-state index contributed by atoms with van der Waals surface area (Å²) in [5, 5.41) is 4.03. The molecular formula is C59H58N4O. The highest BCUT2D eigenvalue weighted by atomic mass is 16.3. The minimum atomic E-state index is -0.119. The van der Waals surface area contributed by atoms with Crippen molar-refractivity contribution in [3.8, 4) is 22.3 Å². The number of furan rings is 1. The van der Waals surface area contributed by atoms with Crippen LogP contribution in [-0.4, -0.2) is 23.9 Å². The first-order valence-corrected chi connectivity index (χ1v) is 23.6. The molecule has 4 aliphatic carbocycles. The maximum atomic E-state index is 6.97. The summed E-state index contributed by atoms with van der Waals surface area (Å²) in [5.74, 6) is 3.87. The molecule has 2 aliphatic heterocycles. The predicted molar refractivity (Wildman–Crippen MR) is 266 cm³/mol. The number of likely N-dealkylation sites (N-methyl/N-ethyl adjacent to an activating group) is 1. The number of allylic oxidation sites excluding steroid dienone is 9. The Hall–Kier alpha value is -6.43. The van der Waals surface area contributed by atoms with Crippen LogP contribution in [0, 0.1) is 5.92 Å². The number of nitrogens with zero attached hydrogens (tertiary/aromatic N) is 3. The van der Waals surface area contributed by atoms with Crippen LogP contribution in [-0.2, 0) is 6.42 Å². The third-order valence-corrected chi connectivity index (χ3v) is 14.5. The summed E-state index contributed by atoms with van der Waals surface area (Å²) in [6.07, 6.45) is 27.9. The van der Waals surface area contributed by atoms with Gasteiger partial charge in [-0.25, -0.2) is 4.99 Å². The van der Waals surface area contributed by atoms with E-state index in [9.17, 15) is 0 Å². The second-order valence-corrected chi connectivity index (χ2v) is 18.4. The molecule has 0 spiro atoms. The van der Waals surface area contributed by atoms with Gasteiger partial charge in [0.2, 0.25) is 0 Å². The normalized spacial score (nSPS) is 24.1. The highest BCUT2D eigenvalue weighted by Crippen LogP contribution is 2.57. The monoisotopic (exact) mass is 838 g/mol. The van der Waals surface area contributed by atoms with Crippen molar-refractivity contribution < 1.29 is 4.42 Å². The number of fused-ring (bicyclic) bond motifs is 6. The van der Waals surface area contributed by atoms with Crippen LogP contribution in [0.4, 0.5) is 5.69 Å². The minimum absolute atomic E-state index is 0.0531. The first-order valence-electron chi connectivity index (χ1n) is 23.6. The van der Waals surface area contributed by atoms with E-state index in [4.69, 9.17) is 9.41 Å². The number of anilines is 1. The molecule has 5 aromatic rings. The first kappa shape index (κ1) is 40.4. The lowest BCUT2D eigenvalue weighted by Gasteiger charge is -2.42. The van der Waals surface area contributed by atoms with Gasteiger partial charge in [0, 0.05) is 51.5 Å². The molecule has 3 heterocycles. The van der Waals surface area contributed by atoms with Gasteiger partial charge in [0.15, 0.2) is 0 Å². The molecule has 1 N–H and O–H groups in total.